The Labute approximate surface area is 199 Å². The van der Waals surface area contributed by atoms with Gasteiger partial charge in [-0.25, -0.2) is 0 Å². The lowest BCUT2D eigenvalue weighted by Crippen LogP contribution is -2.42. The van der Waals surface area contributed by atoms with Crippen molar-refractivity contribution in [2.24, 2.45) is 5.73 Å². The van der Waals surface area contributed by atoms with E-state index in [9.17, 15) is 24.3 Å². The number of fused-ring (bicyclic) bond motifs is 2. The fraction of sp³-hybridized carbons (Fsp3) is 0.250. The largest absolute Gasteiger partial charge is 0.480 e. The van der Waals surface area contributed by atoms with Gasteiger partial charge >= 0.3 is 11.9 Å². The maximum Gasteiger partial charge on any atom is 0.323 e. The summed E-state index contributed by atoms with van der Waals surface area (Å²) in [7, 11) is 0. The monoisotopic (exact) mass is 483 g/mol. The lowest BCUT2D eigenvalue weighted by Gasteiger charge is -2.33. The first-order valence-corrected chi connectivity index (χ1v) is 10.9. The topological polar surface area (TPSA) is 143 Å². The van der Waals surface area contributed by atoms with Crippen molar-refractivity contribution in [3.63, 3.8) is 0 Å². The maximum absolute atomic E-state index is 13.1. The molecule has 4 rings (SSSR count). The first-order valence-electron chi connectivity index (χ1n) is 10.5. The quantitative estimate of drug-likeness (QED) is 0.441. The van der Waals surface area contributed by atoms with Crippen LogP contribution in [0.25, 0.3) is 10.9 Å². The van der Waals surface area contributed by atoms with E-state index in [1.165, 1.54) is 4.90 Å². The predicted molar refractivity (Wildman–Crippen MR) is 123 cm³/mol. The Morgan fingerprint density at radius 3 is 2.62 bits per heavy atom. The Kier molecular flexibility index (Phi) is 6.30. The first kappa shape index (κ1) is 23.3. The number of aromatic amines is 1. The first-order chi connectivity index (χ1) is 16.2. The second kappa shape index (κ2) is 9.18. The number of hydrogen-bond acceptors (Lipinski definition) is 5. The van der Waals surface area contributed by atoms with E-state index in [2.05, 4.69) is 4.98 Å². The van der Waals surface area contributed by atoms with Gasteiger partial charge in [-0.3, -0.25) is 19.2 Å². The highest BCUT2D eigenvalue weighted by atomic mass is 35.5. The molecule has 1 heterocycles. The Morgan fingerprint density at radius 2 is 1.94 bits per heavy atom. The summed E-state index contributed by atoms with van der Waals surface area (Å²) in [6.45, 7) is -0.0572. The lowest BCUT2D eigenvalue weighted by molar-refractivity contribution is -0.154. The van der Waals surface area contributed by atoms with E-state index in [0.29, 0.717) is 27.9 Å². The van der Waals surface area contributed by atoms with E-state index < -0.39 is 48.9 Å². The Balaban J connectivity index is 1.90. The van der Waals surface area contributed by atoms with E-state index in [4.69, 9.17) is 22.1 Å². The van der Waals surface area contributed by atoms with Crippen LogP contribution in [0.5, 0.6) is 0 Å². The molecular formula is C24H22ClN3O6. The summed E-state index contributed by atoms with van der Waals surface area (Å²) in [5.74, 6) is -3.74. The highest BCUT2D eigenvalue weighted by molar-refractivity contribution is 6.31. The summed E-state index contributed by atoms with van der Waals surface area (Å²) in [6.07, 6.45) is 0.428. The van der Waals surface area contributed by atoms with E-state index in [-0.39, 0.29) is 5.69 Å². The van der Waals surface area contributed by atoms with Crippen molar-refractivity contribution in [2.45, 2.75) is 25.3 Å². The minimum absolute atomic E-state index is 0.169. The van der Waals surface area contributed by atoms with Gasteiger partial charge in [0.1, 0.15) is 12.2 Å². The second-order valence-electron chi connectivity index (χ2n) is 8.12. The number of H-pyrrole nitrogens is 1. The van der Waals surface area contributed by atoms with Gasteiger partial charge in [-0.05, 0) is 41.3 Å². The van der Waals surface area contributed by atoms with E-state index in [1.807, 2.05) is 18.2 Å². The Hall–Kier alpha value is -3.85. The summed E-state index contributed by atoms with van der Waals surface area (Å²) in [4.78, 5) is 52.7. The van der Waals surface area contributed by atoms with Crippen LogP contribution in [0.4, 0.5) is 0 Å². The number of rotatable bonds is 7. The summed E-state index contributed by atoms with van der Waals surface area (Å²) < 4.78 is 4.87. The van der Waals surface area contributed by atoms with Crippen molar-refractivity contribution in [1.29, 1.82) is 0 Å². The number of ether oxygens (including phenoxy) is 1. The number of nitrogens with zero attached hydrogens (tertiary/aromatic N) is 1. The summed E-state index contributed by atoms with van der Waals surface area (Å²) >= 11 is 6.24. The zero-order chi connectivity index (χ0) is 24.6. The summed E-state index contributed by atoms with van der Waals surface area (Å²) in [5.41, 5.74) is 8.71. The molecule has 34 heavy (non-hydrogen) atoms. The lowest BCUT2D eigenvalue weighted by atomic mass is 9.88. The van der Waals surface area contributed by atoms with Gasteiger partial charge in [-0.15, -0.1) is 0 Å². The van der Waals surface area contributed by atoms with Crippen LogP contribution >= 0.6 is 11.6 Å². The number of carbonyl (C=O) groups is 4. The molecule has 0 unspecified atom stereocenters. The number of hydrogen-bond donors (Lipinski definition) is 3. The molecule has 2 atom stereocenters. The molecule has 176 valence electrons. The van der Waals surface area contributed by atoms with Crippen molar-refractivity contribution in [3.05, 3.63) is 69.9 Å². The minimum atomic E-state index is -1.23. The number of carboxylic acids is 1. The number of halogens is 1. The number of primary amides is 1. The van der Waals surface area contributed by atoms with Gasteiger partial charge in [0.2, 0.25) is 0 Å². The number of carbonyl (C=O) groups excluding carboxylic acids is 3. The third kappa shape index (κ3) is 4.34. The number of nitrogens with one attached hydrogen (secondary N) is 1. The van der Waals surface area contributed by atoms with E-state index >= 15 is 0 Å². The SMILES string of the molecule is CC(=O)OCC(=O)N(CC(=O)O)[C@H]1c2ccccc2C[C@@H]1c1c(C(N)=O)[nH]c2ccc(Cl)cc12. The van der Waals surface area contributed by atoms with Crippen LogP contribution < -0.4 is 5.73 Å². The molecule has 0 radical (unpaired) electrons. The van der Waals surface area contributed by atoms with Crippen LogP contribution in [0, 0.1) is 0 Å². The minimum Gasteiger partial charge on any atom is -0.480 e. The third-order valence-corrected chi connectivity index (χ3v) is 6.21. The van der Waals surface area contributed by atoms with Gasteiger partial charge in [0.05, 0.1) is 6.04 Å². The predicted octanol–water partition coefficient (Wildman–Crippen LogP) is 2.78. The standard InChI is InChI=1S/C24H22ClN3O6/c1-12(29)34-11-19(30)28(10-20(31)32)23-15-5-3-2-4-13(15)8-17(23)21-16-9-14(25)6-7-18(16)27-22(21)24(26)33/h2-7,9,17,23,27H,8,10-11H2,1H3,(H2,26,33)(H,31,32)/t17-,23+/m1/s1. The molecule has 2 aromatic carbocycles. The Bertz CT molecular complexity index is 1320. The number of aromatic nitrogens is 1. The van der Waals surface area contributed by atoms with E-state index in [1.54, 1.807) is 24.3 Å². The highest BCUT2D eigenvalue weighted by Gasteiger charge is 2.42. The molecule has 0 spiro atoms. The normalized spacial score (nSPS) is 16.8. The van der Waals surface area contributed by atoms with Crippen LogP contribution in [-0.4, -0.2) is 51.9 Å². The van der Waals surface area contributed by atoms with E-state index in [0.717, 1.165) is 18.1 Å². The number of carboxylic acid groups (broad SMARTS) is 1. The van der Waals surface area contributed by atoms with Crippen LogP contribution in [0.1, 0.15) is 46.1 Å². The molecule has 0 fully saturated rings. The molecule has 1 aliphatic rings. The van der Waals surface area contributed by atoms with Crippen molar-refractivity contribution in [2.75, 3.05) is 13.2 Å². The highest BCUT2D eigenvalue weighted by Crippen LogP contribution is 2.49. The smallest absolute Gasteiger partial charge is 0.323 e. The number of amides is 2. The summed E-state index contributed by atoms with van der Waals surface area (Å²) in [6, 6.07) is 11.7. The molecule has 1 aliphatic carbocycles. The van der Waals surface area contributed by atoms with Gasteiger partial charge in [-0.1, -0.05) is 35.9 Å². The van der Waals surface area contributed by atoms with Gasteiger partial charge in [-0.2, -0.15) is 0 Å². The fourth-order valence-corrected chi connectivity index (χ4v) is 4.89. The molecule has 0 saturated carbocycles. The molecule has 3 aromatic rings. The van der Waals surface area contributed by atoms with Crippen molar-refractivity contribution in [1.82, 2.24) is 9.88 Å². The Morgan fingerprint density at radius 1 is 1.21 bits per heavy atom. The zero-order valence-corrected chi connectivity index (χ0v) is 19.0. The fourth-order valence-electron chi connectivity index (χ4n) is 4.72. The van der Waals surface area contributed by atoms with Crippen LogP contribution in [-0.2, 0) is 25.5 Å². The van der Waals surface area contributed by atoms with Crippen molar-refractivity contribution < 1.29 is 29.0 Å². The average Bonchev–Trinajstić information content (AvgIpc) is 3.33. The molecule has 9 nitrogen and oxygen atoms in total. The molecule has 4 N–H and O–H groups in total. The van der Waals surface area contributed by atoms with Crippen LogP contribution in [0.15, 0.2) is 42.5 Å². The van der Waals surface area contributed by atoms with Crippen LogP contribution in [0.2, 0.25) is 5.02 Å². The van der Waals surface area contributed by atoms with Gasteiger partial charge < -0.3 is 25.5 Å². The van der Waals surface area contributed by atoms with Gasteiger partial charge in [0.15, 0.2) is 6.61 Å². The van der Waals surface area contributed by atoms with Crippen LogP contribution in [0.3, 0.4) is 0 Å². The number of nitrogens with two attached hydrogens (primary N) is 1. The molecule has 10 heteroatoms. The number of benzene rings is 2. The molecule has 0 bridgehead atoms. The van der Waals surface area contributed by atoms with Gasteiger partial charge in [0, 0.05) is 28.8 Å². The molecule has 0 saturated heterocycles. The second-order valence-corrected chi connectivity index (χ2v) is 8.55. The average molecular weight is 484 g/mol. The third-order valence-electron chi connectivity index (χ3n) is 5.97. The van der Waals surface area contributed by atoms with Crippen molar-refractivity contribution >= 4 is 46.3 Å². The molecule has 2 amide bonds. The molecular weight excluding hydrogens is 462 g/mol. The van der Waals surface area contributed by atoms with Gasteiger partial charge in [0.25, 0.3) is 11.8 Å². The zero-order valence-electron chi connectivity index (χ0n) is 18.2. The maximum atomic E-state index is 13.1. The number of aliphatic carboxylic acids is 1. The number of esters is 1. The molecule has 1 aromatic heterocycles. The summed E-state index contributed by atoms with van der Waals surface area (Å²) in [5, 5.41) is 10.7. The van der Waals surface area contributed by atoms with Crippen molar-refractivity contribution in [3.8, 4) is 0 Å². The molecule has 0 aliphatic heterocycles.